The third-order valence-electron chi connectivity index (χ3n) is 2.51. The zero-order valence-corrected chi connectivity index (χ0v) is 10.9. The van der Waals surface area contributed by atoms with E-state index in [1.807, 2.05) is 0 Å². The van der Waals surface area contributed by atoms with Gasteiger partial charge in [0.1, 0.15) is 5.75 Å². The minimum Gasteiger partial charge on any atom is -0.508 e. The van der Waals surface area contributed by atoms with E-state index in [-0.39, 0.29) is 25.2 Å². The van der Waals surface area contributed by atoms with Crippen LogP contribution < -0.4 is 4.74 Å². The minimum absolute atomic E-state index is 0.151. The Kier molecular flexibility index (Phi) is 6.06. The van der Waals surface area contributed by atoms with Gasteiger partial charge in [-0.2, -0.15) is 13.2 Å². The molecular weight excluding hydrogens is 280 g/mol. The Morgan fingerprint density at radius 2 is 2.00 bits per heavy atom. The van der Waals surface area contributed by atoms with Crippen LogP contribution in [0.15, 0.2) is 18.2 Å². The lowest BCUT2D eigenvalue weighted by Crippen LogP contribution is -2.34. The van der Waals surface area contributed by atoms with E-state index in [4.69, 9.17) is 9.84 Å². The number of hydrogen-bond donors (Lipinski definition) is 1. The van der Waals surface area contributed by atoms with Crippen LogP contribution in [0, 0.1) is 5.82 Å². The van der Waals surface area contributed by atoms with Crippen molar-refractivity contribution >= 4 is 0 Å². The number of aromatic hydroxyl groups is 1. The van der Waals surface area contributed by atoms with Crippen molar-refractivity contribution < 1.29 is 32.1 Å². The van der Waals surface area contributed by atoms with Gasteiger partial charge in [0.2, 0.25) is 0 Å². The third-order valence-corrected chi connectivity index (χ3v) is 2.51. The molecule has 114 valence electrons. The van der Waals surface area contributed by atoms with E-state index in [9.17, 15) is 17.6 Å². The normalized spacial score (nSPS) is 13.2. The van der Waals surface area contributed by atoms with Crippen molar-refractivity contribution in [2.75, 3.05) is 13.2 Å². The second-order valence-electron chi connectivity index (χ2n) is 4.10. The van der Waals surface area contributed by atoms with E-state index >= 15 is 0 Å². The van der Waals surface area contributed by atoms with E-state index in [1.54, 1.807) is 6.92 Å². The zero-order chi connectivity index (χ0) is 15.2. The molecule has 0 saturated carbocycles. The number of alkyl halides is 3. The molecule has 0 radical (unpaired) electrons. The fourth-order valence-electron chi connectivity index (χ4n) is 1.54. The average molecular weight is 296 g/mol. The summed E-state index contributed by atoms with van der Waals surface area (Å²) in [6.45, 7) is 2.35. The first kappa shape index (κ1) is 16.6. The van der Waals surface area contributed by atoms with E-state index < -0.39 is 23.8 Å². The molecule has 7 heteroatoms. The van der Waals surface area contributed by atoms with Gasteiger partial charge in [0.15, 0.2) is 17.7 Å². The lowest BCUT2D eigenvalue weighted by Gasteiger charge is -2.22. The topological polar surface area (TPSA) is 38.7 Å². The summed E-state index contributed by atoms with van der Waals surface area (Å²) in [7, 11) is 0. The first-order valence-electron chi connectivity index (χ1n) is 6.14. The molecule has 0 bridgehead atoms. The van der Waals surface area contributed by atoms with E-state index in [0.29, 0.717) is 12.7 Å². The maximum Gasteiger partial charge on any atom is 0.425 e. The smallest absolute Gasteiger partial charge is 0.425 e. The molecule has 1 unspecified atom stereocenters. The number of phenols is 1. The SMILES string of the molecule is CCOCCCC(Oc1ccc(O)cc1F)C(F)(F)F. The summed E-state index contributed by atoms with van der Waals surface area (Å²) in [4.78, 5) is 0. The standard InChI is InChI=1S/C13H16F4O3/c1-2-19-7-3-4-12(13(15,16)17)20-11-6-5-9(18)8-10(11)14/h5-6,8,12,18H,2-4,7H2,1H3. The van der Waals surface area contributed by atoms with Gasteiger partial charge in [-0.25, -0.2) is 4.39 Å². The molecule has 1 aromatic rings. The molecule has 20 heavy (non-hydrogen) atoms. The zero-order valence-electron chi connectivity index (χ0n) is 10.9. The third kappa shape index (κ3) is 5.24. The molecular formula is C13H16F4O3. The van der Waals surface area contributed by atoms with Crippen molar-refractivity contribution in [3.63, 3.8) is 0 Å². The van der Waals surface area contributed by atoms with Crippen molar-refractivity contribution in [1.82, 2.24) is 0 Å². The van der Waals surface area contributed by atoms with Gasteiger partial charge in [0.05, 0.1) is 0 Å². The quantitative estimate of drug-likeness (QED) is 0.616. The van der Waals surface area contributed by atoms with Crippen LogP contribution in [0.4, 0.5) is 17.6 Å². The van der Waals surface area contributed by atoms with Gasteiger partial charge in [-0.1, -0.05) is 0 Å². The number of ether oxygens (including phenoxy) is 2. The highest BCUT2D eigenvalue weighted by Gasteiger charge is 2.41. The molecule has 0 aliphatic rings. The monoisotopic (exact) mass is 296 g/mol. The molecule has 0 aromatic heterocycles. The van der Waals surface area contributed by atoms with Crippen LogP contribution >= 0.6 is 0 Å². The summed E-state index contributed by atoms with van der Waals surface area (Å²) in [5.74, 6) is -1.96. The first-order valence-corrected chi connectivity index (χ1v) is 6.14. The second kappa shape index (κ2) is 7.33. The lowest BCUT2D eigenvalue weighted by atomic mass is 10.2. The summed E-state index contributed by atoms with van der Waals surface area (Å²) < 4.78 is 61.4. The molecule has 1 atom stereocenters. The molecule has 0 saturated heterocycles. The number of benzene rings is 1. The van der Waals surface area contributed by atoms with Gasteiger partial charge >= 0.3 is 6.18 Å². The van der Waals surface area contributed by atoms with Gasteiger partial charge in [-0.15, -0.1) is 0 Å². The van der Waals surface area contributed by atoms with Gasteiger partial charge in [0.25, 0.3) is 0 Å². The lowest BCUT2D eigenvalue weighted by molar-refractivity contribution is -0.198. The Morgan fingerprint density at radius 3 is 2.55 bits per heavy atom. The highest BCUT2D eigenvalue weighted by atomic mass is 19.4. The molecule has 1 aromatic carbocycles. The molecule has 0 aliphatic heterocycles. The van der Waals surface area contributed by atoms with Crippen LogP contribution in [-0.2, 0) is 4.74 Å². The summed E-state index contributed by atoms with van der Waals surface area (Å²) >= 11 is 0. The maximum atomic E-state index is 13.4. The molecule has 0 heterocycles. The summed E-state index contributed by atoms with van der Waals surface area (Å²) in [6.07, 6.45) is -6.89. The molecule has 0 amide bonds. The summed E-state index contributed by atoms with van der Waals surface area (Å²) in [6, 6.07) is 2.72. The summed E-state index contributed by atoms with van der Waals surface area (Å²) in [5, 5.41) is 9.00. The fraction of sp³-hybridized carbons (Fsp3) is 0.538. The Balaban J connectivity index is 2.69. The Bertz CT molecular complexity index is 421. The Hall–Kier alpha value is -1.50. The van der Waals surface area contributed by atoms with Crippen LogP contribution in [0.3, 0.4) is 0 Å². The van der Waals surface area contributed by atoms with Crippen LogP contribution in [0.2, 0.25) is 0 Å². The van der Waals surface area contributed by atoms with Crippen LogP contribution in [0.25, 0.3) is 0 Å². The highest BCUT2D eigenvalue weighted by molar-refractivity contribution is 5.32. The fourth-order valence-corrected chi connectivity index (χ4v) is 1.54. The predicted octanol–water partition coefficient (Wildman–Crippen LogP) is 3.66. The van der Waals surface area contributed by atoms with Gasteiger partial charge in [-0.05, 0) is 31.9 Å². The molecule has 0 fully saturated rings. The van der Waals surface area contributed by atoms with E-state index in [2.05, 4.69) is 4.74 Å². The van der Waals surface area contributed by atoms with Gasteiger partial charge in [0, 0.05) is 19.3 Å². The molecule has 1 N–H and O–H groups in total. The molecule has 1 rings (SSSR count). The van der Waals surface area contributed by atoms with Crippen LogP contribution in [-0.4, -0.2) is 30.6 Å². The van der Waals surface area contributed by atoms with E-state index in [1.165, 1.54) is 0 Å². The van der Waals surface area contributed by atoms with E-state index in [0.717, 1.165) is 12.1 Å². The van der Waals surface area contributed by atoms with Crippen molar-refractivity contribution in [3.8, 4) is 11.5 Å². The van der Waals surface area contributed by atoms with Crippen molar-refractivity contribution in [3.05, 3.63) is 24.0 Å². The highest BCUT2D eigenvalue weighted by Crippen LogP contribution is 2.30. The van der Waals surface area contributed by atoms with Crippen LogP contribution in [0.1, 0.15) is 19.8 Å². The maximum absolute atomic E-state index is 13.4. The molecule has 0 aliphatic carbocycles. The van der Waals surface area contributed by atoms with Gasteiger partial charge < -0.3 is 14.6 Å². The van der Waals surface area contributed by atoms with Gasteiger partial charge in [-0.3, -0.25) is 0 Å². The number of phenolic OH excluding ortho intramolecular Hbond substituents is 1. The largest absolute Gasteiger partial charge is 0.508 e. The molecule has 0 spiro atoms. The predicted molar refractivity (Wildman–Crippen MR) is 64.3 cm³/mol. The summed E-state index contributed by atoms with van der Waals surface area (Å²) in [5.41, 5.74) is 0. The minimum atomic E-state index is -4.60. The molecule has 3 nitrogen and oxygen atoms in total. The Labute approximate surface area is 114 Å². The second-order valence-corrected chi connectivity index (χ2v) is 4.10. The number of rotatable bonds is 7. The number of hydrogen-bond acceptors (Lipinski definition) is 3. The average Bonchev–Trinajstić information content (AvgIpc) is 2.34. The van der Waals surface area contributed by atoms with Crippen LogP contribution in [0.5, 0.6) is 11.5 Å². The van der Waals surface area contributed by atoms with Crippen molar-refractivity contribution in [1.29, 1.82) is 0 Å². The van der Waals surface area contributed by atoms with Crippen molar-refractivity contribution in [2.45, 2.75) is 32.0 Å². The van der Waals surface area contributed by atoms with Crippen molar-refractivity contribution in [2.24, 2.45) is 0 Å². The Morgan fingerprint density at radius 1 is 1.30 bits per heavy atom. The number of halogens is 4. The first-order chi connectivity index (χ1) is 9.34.